The summed E-state index contributed by atoms with van der Waals surface area (Å²) in [6.07, 6.45) is 1.63. The average molecular weight is 406 g/mol. The summed E-state index contributed by atoms with van der Waals surface area (Å²) in [5.74, 6) is -0.176. The fourth-order valence-corrected chi connectivity index (χ4v) is 4.15. The molecule has 0 radical (unpaired) electrons. The number of hydrogen-bond donors (Lipinski definition) is 0. The molecule has 1 aliphatic heterocycles. The molecule has 2 aromatic heterocycles. The van der Waals surface area contributed by atoms with Crippen LogP contribution in [0.4, 0.5) is 4.39 Å². The van der Waals surface area contributed by atoms with Crippen LogP contribution in [-0.2, 0) is 6.54 Å². The quantitative estimate of drug-likeness (QED) is 0.654. The third kappa shape index (κ3) is 3.90. The highest BCUT2D eigenvalue weighted by Gasteiger charge is 2.26. The Morgan fingerprint density at radius 2 is 2.04 bits per heavy atom. The van der Waals surface area contributed by atoms with Crippen molar-refractivity contribution in [2.45, 2.75) is 6.54 Å². The highest BCUT2D eigenvalue weighted by Crippen LogP contribution is 2.24. The fourth-order valence-electron chi connectivity index (χ4n) is 3.08. The first-order valence-electron chi connectivity index (χ1n) is 8.56. The van der Waals surface area contributed by atoms with Gasteiger partial charge in [-0.2, -0.15) is 0 Å². The van der Waals surface area contributed by atoms with Crippen LogP contribution >= 0.6 is 22.9 Å². The van der Waals surface area contributed by atoms with Crippen molar-refractivity contribution >= 4 is 28.8 Å². The van der Waals surface area contributed by atoms with Gasteiger partial charge in [-0.15, -0.1) is 11.3 Å². The molecule has 5 nitrogen and oxygen atoms in total. The number of carbonyl (C=O) groups excluding carboxylic acids is 1. The molecule has 1 amide bonds. The first-order chi connectivity index (χ1) is 13.1. The molecule has 3 aromatic rings. The van der Waals surface area contributed by atoms with E-state index < -0.39 is 5.82 Å². The summed E-state index contributed by atoms with van der Waals surface area (Å²) in [7, 11) is 0. The number of aromatic nitrogens is 1. The molecular weight excluding hydrogens is 389 g/mol. The third-order valence-electron chi connectivity index (χ3n) is 4.52. The van der Waals surface area contributed by atoms with E-state index in [1.807, 2.05) is 17.5 Å². The van der Waals surface area contributed by atoms with Gasteiger partial charge >= 0.3 is 0 Å². The van der Waals surface area contributed by atoms with Gasteiger partial charge in [0, 0.05) is 31.6 Å². The molecule has 8 heteroatoms. The molecule has 0 aliphatic carbocycles. The van der Waals surface area contributed by atoms with Gasteiger partial charge in [0.2, 0.25) is 0 Å². The molecule has 0 spiro atoms. The minimum atomic E-state index is -0.580. The van der Waals surface area contributed by atoms with Crippen LogP contribution in [0.25, 0.3) is 11.5 Å². The molecule has 4 rings (SSSR count). The minimum Gasteiger partial charge on any atom is -0.463 e. The molecule has 140 valence electrons. The summed E-state index contributed by atoms with van der Waals surface area (Å²) in [5, 5.41) is 3.13. The zero-order valence-electron chi connectivity index (χ0n) is 14.4. The van der Waals surface area contributed by atoms with E-state index in [0.717, 1.165) is 16.5 Å². The second-order valence-electron chi connectivity index (χ2n) is 6.27. The average Bonchev–Trinajstić information content (AvgIpc) is 3.33. The first kappa shape index (κ1) is 18.2. The summed E-state index contributed by atoms with van der Waals surface area (Å²) in [5.41, 5.74) is 0.790. The molecule has 0 unspecified atom stereocenters. The summed E-state index contributed by atoms with van der Waals surface area (Å²) in [4.78, 5) is 21.1. The van der Waals surface area contributed by atoms with Crippen molar-refractivity contribution < 1.29 is 13.6 Å². The van der Waals surface area contributed by atoms with E-state index in [9.17, 15) is 9.18 Å². The van der Waals surface area contributed by atoms with Crippen molar-refractivity contribution in [2.24, 2.45) is 0 Å². The molecule has 3 heterocycles. The predicted octanol–water partition coefficient (Wildman–Crippen LogP) is 4.15. The molecular formula is C19H17ClFN3O2S. The number of amides is 1. The number of rotatable bonds is 4. The van der Waals surface area contributed by atoms with Crippen LogP contribution in [0.15, 0.2) is 46.4 Å². The number of furan rings is 1. The summed E-state index contributed by atoms with van der Waals surface area (Å²) < 4.78 is 19.4. The zero-order chi connectivity index (χ0) is 18.8. The second-order valence-corrected chi connectivity index (χ2v) is 7.62. The van der Waals surface area contributed by atoms with Crippen molar-refractivity contribution in [3.63, 3.8) is 0 Å². The van der Waals surface area contributed by atoms with E-state index in [-0.39, 0.29) is 16.5 Å². The van der Waals surface area contributed by atoms with Crippen LogP contribution in [0.2, 0.25) is 5.02 Å². The van der Waals surface area contributed by atoms with Crippen LogP contribution in [0.3, 0.4) is 0 Å². The number of nitrogens with zero attached hydrogens (tertiary/aromatic N) is 3. The molecule has 0 bridgehead atoms. The molecule has 0 N–H and O–H groups in total. The lowest BCUT2D eigenvalue weighted by atomic mass is 10.1. The van der Waals surface area contributed by atoms with E-state index in [4.69, 9.17) is 16.0 Å². The number of thiazole rings is 1. The largest absolute Gasteiger partial charge is 0.463 e. The number of hydrogen-bond acceptors (Lipinski definition) is 5. The van der Waals surface area contributed by atoms with Crippen molar-refractivity contribution in [2.75, 3.05) is 26.2 Å². The van der Waals surface area contributed by atoms with Gasteiger partial charge in [0.15, 0.2) is 5.76 Å². The lowest BCUT2D eigenvalue weighted by Gasteiger charge is -2.34. The molecule has 27 heavy (non-hydrogen) atoms. The Bertz CT molecular complexity index is 916. The van der Waals surface area contributed by atoms with Crippen LogP contribution in [0.1, 0.15) is 15.4 Å². The summed E-state index contributed by atoms with van der Waals surface area (Å²) in [6, 6.07) is 8.02. The molecule has 1 aromatic carbocycles. The SMILES string of the molecule is O=C(c1c(F)cccc1Cl)N1CCN(Cc2nc(-c3ccco3)cs2)CC1. The third-order valence-corrected chi connectivity index (χ3v) is 5.67. The second kappa shape index (κ2) is 7.80. The maximum atomic E-state index is 14.0. The Kier molecular flexibility index (Phi) is 5.24. The first-order valence-corrected chi connectivity index (χ1v) is 9.81. The van der Waals surface area contributed by atoms with Gasteiger partial charge in [-0.25, -0.2) is 9.37 Å². The highest BCUT2D eigenvalue weighted by molar-refractivity contribution is 7.09. The van der Waals surface area contributed by atoms with Crippen LogP contribution < -0.4 is 0 Å². The topological polar surface area (TPSA) is 49.6 Å². The Labute approximate surface area is 165 Å². The van der Waals surface area contributed by atoms with Crippen molar-refractivity contribution in [3.8, 4) is 11.5 Å². The maximum absolute atomic E-state index is 14.0. The number of halogens is 2. The normalized spacial score (nSPS) is 15.3. The van der Waals surface area contributed by atoms with Gasteiger partial charge < -0.3 is 9.32 Å². The number of benzene rings is 1. The smallest absolute Gasteiger partial charge is 0.258 e. The van der Waals surface area contributed by atoms with E-state index in [1.54, 1.807) is 22.5 Å². The predicted molar refractivity (Wildman–Crippen MR) is 102 cm³/mol. The lowest BCUT2D eigenvalue weighted by Crippen LogP contribution is -2.48. The Hall–Kier alpha value is -2.22. The van der Waals surface area contributed by atoms with E-state index in [0.29, 0.717) is 32.7 Å². The van der Waals surface area contributed by atoms with Gasteiger partial charge in [0.25, 0.3) is 5.91 Å². The number of piperazine rings is 1. The Balaban J connectivity index is 1.36. The number of carbonyl (C=O) groups is 1. The van der Waals surface area contributed by atoms with Gasteiger partial charge in [0.1, 0.15) is 16.5 Å². The molecule has 1 aliphatic rings. The van der Waals surface area contributed by atoms with Crippen LogP contribution in [0, 0.1) is 5.82 Å². The van der Waals surface area contributed by atoms with E-state index in [1.165, 1.54) is 18.2 Å². The Morgan fingerprint density at radius 3 is 2.74 bits per heavy atom. The van der Waals surface area contributed by atoms with E-state index in [2.05, 4.69) is 9.88 Å². The van der Waals surface area contributed by atoms with Crippen molar-refractivity contribution in [1.29, 1.82) is 0 Å². The van der Waals surface area contributed by atoms with E-state index >= 15 is 0 Å². The zero-order valence-corrected chi connectivity index (χ0v) is 16.0. The molecule has 1 fully saturated rings. The highest BCUT2D eigenvalue weighted by atomic mass is 35.5. The van der Waals surface area contributed by atoms with Crippen molar-refractivity contribution in [3.05, 3.63) is 63.4 Å². The summed E-state index contributed by atoms with van der Waals surface area (Å²) >= 11 is 7.60. The maximum Gasteiger partial charge on any atom is 0.258 e. The van der Waals surface area contributed by atoms with Crippen molar-refractivity contribution in [1.82, 2.24) is 14.8 Å². The standard InChI is InChI=1S/C19H17ClFN3O2S/c20-13-3-1-4-14(21)18(13)19(25)24-8-6-23(7-9-24)11-17-22-15(12-27-17)16-5-2-10-26-16/h1-5,10,12H,6-9,11H2. The monoisotopic (exact) mass is 405 g/mol. The van der Waals surface area contributed by atoms with Gasteiger partial charge in [0.05, 0.1) is 23.4 Å². The van der Waals surface area contributed by atoms with Gasteiger partial charge in [-0.3, -0.25) is 9.69 Å². The van der Waals surface area contributed by atoms with Crippen LogP contribution in [0.5, 0.6) is 0 Å². The molecule has 0 saturated carbocycles. The minimum absolute atomic E-state index is 0.0457. The fraction of sp³-hybridized carbons (Fsp3) is 0.263. The van der Waals surface area contributed by atoms with Crippen LogP contribution in [-0.4, -0.2) is 46.9 Å². The Morgan fingerprint density at radius 1 is 1.22 bits per heavy atom. The molecule has 1 saturated heterocycles. The lowest BCUT2D eigenvalue weighted by molar-refractivity contribution is 0.0624. The molecule has 0 atom stereocenters. The van der Waals surface area contributed by atoms with Gasteiger partial charge in [-0.05, 0) is 24.3 Å². The van der Waals surface area contributed by atoms with Gasteiger partial charge in [-0.1, -0.05) is 17.7 Å². The summed E-state index contributed by atoms with van der Waals surface area (Å²) in [6.45, 7) is 3.18.